The molecule has 0 aromatic heterocycles. The fraction of sp³-hybridized carbons (Fsp3) is 0.167. The second-order valence-electron chi connectivity index (χ2n) is 3.91. The van der Waals surface area contributed by atoms with Gasteiger partial charge in [0.05, 0.1) is 4.92 Å². The van der Waals surface area contributed by atoms with Gasteiger partial charge in [-0.15, -0.1) is 0 Å². The summed E-state index contributed by atoms with van der Waals surface area (Å²) >= 11 is 0. The van der Waals surface area contributed by atoms with Crippen LogP contribution in [-0.4, -0.2) is 16.5 Å². The van der Waals surface area contributed by atoms with Crippen LogP contribution < -0.4 is 0 Å². The normalized spacial score (nSPS) is 13.8. The first-order chi connectivity index (χ1) is 7.93. The molecule has 0 N–H and O–H groups in total. The van der Waals surface area contributed by atoms with Gasteiger partial charge in [0.2, 0.25) is 0 Å². The van der Waals surface area contributed by atoms with E-state index < -0.39 is 10.7 Å². The quantitative estimate of drug-likeness (QED) is 0.548. The number of hydrogen-bond donors (Lipinski definition) is 0. The number of allylic oxidation sites excluding steroid dienone is 2. The summed E-state index contributed by atoms with van der Waals surface area (Å²) in [5, 5.41) is 11.0. The van der Waals surface area contributed by atoms with Crippen molar-refractivity contribution in [3.05, 3.63) is 50.6 Å². The second-order valence-corrected chi connectivity index (χ2v) is 3.91. The van der Waals surface area contributed by atoms with Crippen LogP contribution in [-0.2, 0) is 0 Å². The van der Waals surface area contributed by atoms with Crippen LogP contribution >= 0.6 is 0 Å². The van der Waals surface area contributed by atoms with Crippen LogP contribution in [0.3, 0.4) is 0 Å². The molecule has 0 saturated carbocycles. The number of carbonyl (C=O) groups is 2. The molecule has 0 fully saturated rings. The Hall–Kier alpha value is -2.30. The topological polar surface area (TPSA) is 77.3 Å². The smallest absolute Gasteiger partial charge is 0.284 e. The molecule has 5 nitrogen and oxygen atoms in total. The lowest BCUT2D eigenvalue weighted by atomic mass is 9.89. The molecule has 1 aliphatic carbocycles. The summed E-state index contributed by atoms with van der Waals surface area (Å²) < 4.78 is 0. The van der Waals surface area contributed by atoms with E-state index in [1.165, 1.54) is 6.07 Å². The fourth-order valence-corrected chi connectivity index (χ4v) is 1.90. The lowest BCUT2D eigenvalue weighted by Crippen LogP contribution is -2.15. The van der Waals surface area contributed by atoms with Gasteiger partial charge in [0.1, 0.15) is 5.56 Å². The summed E-state index contributed by atoms with van der Waals surface area (Å²) in [7, 11) is 0. The van der Waals surface area contributed by atoms with Gasteiger partial charge >= 0.3 is 0 Å². The first kappa shape index (κ1) is 11.2. The molecule has 0 unspecified atom stereocenters. The Bertz CT molecular complexity index is 599. The summed E-state index contributed by atoms with van der Waals surface area (Å²) in [4.78, 5) is 33.7. The number of benzene rings is 1. The number of nitro groups is 1. The minimum atomic E-state index is -0.606. The van der Waals surface area contributed by atoms with Gasteiger partial charge in [0, 0.05) is 11.1 Å². The number of nitrogens with zero attached hydrogens (tertiary/aromatic N) is 1. The van der Waals surface area contributed by atoms with E-state index >= 15 is 0 Å². The number of rotatable bonds is 1. The number of ketones is 2. The Morgan fingerprint density at radius 2 is 1.71 bits per heavy atom. The van der Waals surface area contributed by atoms with E-state index in [0.717, 1.165) is 12.2 Å². The van der Waals surface area contributed by atoms with Crippen LogP contribution in [0.2, 0.25) is 0 Å². The summed E-state index contributed by atoms with van der Waals surface area (Å²) in [6, 6.07) is 1.53. The van der Waals surface area contributed by atoms with Gasteiger partial charge in [-0.3, -0.25) is 19.7 Å². The molecule has 5 heteroatoms. The van der Waals surface area contributed by atoms with E-state index in [1.54, 1.807) is 13.8 Å². The molecule has 2 rings (SSSR count). The molecule has 1 aromatic rings. The van der Waals surface area contributed by atoms with E-state index in [-0.39, 0.29) is 22.6 Å². The Morgan fingerprint density at radius 3 is 2.29 bits per heavy atom. The van der Waals surface area contributed by atoms with Crippen molar-refractivity contribution in [2.45, 2.75) is 13.8 Å². The highest BCUT2D eigenvalue weighted by Gasteiger charge is 2.31. The van der Waals surface area contributed by atoms with Gasteiger partial charge in [0.25, 0.3) is 5.69 Å². The van der Waals surface area contributed by atoms with Gasteiger partial charge in [-0.05, 0) is 37.6 Å². The molecule has 0 radical (unpaired) electrons. The molecule has 86 valence electrons. The van der Waals surface area contributed by atoms with E-state index in [9.17, 15) is 19.7 Å². The van der Waals surface area contributed by atoms with E-state index in [2.05, 4.69) is 0 Å². The molecule has 0 saturated heterocycles. The minimum absolute atomic E-state index is 0.0920. The van der Waals surface area contributed by atoms with Crippen LogP contribution in [0, 0.1) is 24.0 Å². The predicted octanol–water partition coefficient (Wildman–Crippen LogP) is 2.15. The molecular weight excluding hydrogens is 222 g/mol. The van der Waals surface area contributed by atoms with Crippen molar-refractivity contribution in [1.82, 2.24) is 0 Å². The van der Waals surface area contributed by atoms with Crippen LogP contribution in [0.5, 0.6) is 0 Å². The highest BCUT2D eigenvalue weighted by atomic mass is 16.6. The van der Waals surface area contributed by atoms with Crippen molar-refractivity contribution in [2.24, 2.45) is 0 Å². The zero-order valence-electron chi connectivity index (χ0n) is 9.31. The number of carbonyl (C=O) groups excluding carboxylic acids is 2. The van der Waals surface area contributed by atoms with Crippen molar-refractivity contribution >= 4 is 17.3 Å². The molecule has 0 amide bonds. The Morgan fingerprint density at radius 1 is 1.12 bits per heavy atom. The van der Waals surface area contributed by atoms with Crippen molar-refractivity contribution in [3.8, 4) is 0 Å². The van der Waals surface area contributed by atoms with Gasteiger partial charge in [0.15, 0.2) is 11.6 Å². The first-order valence-corrected chi connectivity index (χ1v) is 4.99. The molecular formula is C12H9NO4. The van der Waals surface area contributed by atoms with E-state index in [4.69, 9.17) is 0 Å². The van der Waals surface area contributed by atoms with Crippen molar-refractivity contribution < 1.29 is 14.5 Å². The SMILES string of the molecule is Cc1cc2c(c([N+](=O)[O-])c1C)C(=O)C=CC2=O. The average Bonchev–Trinajstić information content (AvgIpc) is 2.26. The monoisotopic (exact) mass is 231 g/mol. The Labute approximate surface area is 96.9 Å². The van der Waals surface area contributed by atoms with Crippen molar-refractivity contribution in [3.63, 3.8) is 0 Å². The van der Waals surface area contributed by atoms with Crippen molar-refractivity contribution in [2.75, 3.05) is 0 Å². The third kappa shape index (κ3) is 1.56. The fourth-order valence-electron chi connectivity index (χ4n) is 1.90. The number of nitro benzene ring substituents is 1. The zero-order chi connectivity index (χ0) is 12.7. The number of fused-ring (bicyclic) bond motifs is 1. The first-order valence-electron chi connectivity index (χ1n) is 4.99. The number of aryl methyl sites for hydroxylation is 1. The van der Waals surface area contributed by atoms with Crippen LogP contribution in [0.25, 0.3) is 0 Å². The summed E-state index contributed by atoms with van der Waals surface area (Å²) in [6.07, 6.45) is 2.22. The molecule has 17 heavy (non-hydrogen) atoms. The van der Waals surface area contributed by atoms with Gasteiger partial charge in [-0.1, -0.05) is 0 Å². The van der Waals surface area contributed by atoms with Gasteiger partial charge in [-0.25, -0.2) is 0 Å². The predicted molar refractivity (Wildman–Crippen MR) is 60.4 cm³/mol. The van der Waals surface area contributed by atoms with Gasteiger partial charge < -0.3 is 0 Å². The maximum absolute atomic E-state index is 11.7. The van der Waals surface area contributed by atoms with E-state index in [0.29, 0.717) is 11.1 Å². The molecule has 0 atom stereocenters. The minimum Gasteiger partial charge on any atom is -0.289 e. The third-order valence-electron chi connectivity index (χ3n) is 2.89. The lowest BCUT2D eigenvalue weighted by molar-refractivity contribution is -0.385. The Kier molecular flexibility index (Phi) is 2.38. The molecule has 0 heterocycles. The molecule has 0 aliphatic heterocycles. The third-order valence-corrected chi connectivity index (χ3v) is 2.89. The van der Waals surface area contributed by atoms with Crippen molar-refractivity contribution in [1.29, 1.82) is 0 Å². The molecule has 1 aliphatic rings. The van der Waals surface area contributed by atoms with Crippen LogP contribution in [0.15, 0.2) is 18.2 Å². The highest BCUT2D eigenvalue weighted by molar-refractivity contribution is 6.24. The molecule has 0 spiro atoms. The maximum atomic E-state index is 11.7. The highest BCUT2D eigenvalue weighted by Crippen LogP contribution is 2.32. The molecule has 1 aromatic carbocycles. The Balaban J connectivity index is 2.90. The summed E-state index contributed by atoms with van der Waals surface area (Å²) in [5.41, 5.74) is 0.817. The summed E-state index contributed by atoms with van der Waals surface area (Å²) in [5.74, 6) is -0.861. The average molecular weight is 231 g/mol. The number of hydrogen-bond acceptors (Lipinski definition) is 4. The van der Waals surface area contributed by atoms with Crippen LogP contribution in [0.4, 0.5) is 5.69 Å². The largest absolute Gasteiger partial charge is 0.289 e. The zero-order valence-corrected chi connectivity index (χ0v) is 9.31. The second kappa shape index (κ2) is 3.62. The lowest BCUT2D eigenvalue weighted by Gasteiger charge is -2.12. The summed E-state index contributed by atoms with van der Waals surface area (Å²) in [6.45, 7) is 3.25. The van der Waals surface area contributed by atoms with Crippen LogP contribution in [0.1, 0.15) is 31.8 Å². The molecule has 0 bridgehead atoms. The van der Waals surface area contributed by atoms with E-state index in [1.807, 2.05) is 0 Å². The van der Waals surface area contributed by atoms with Gasteiger partial charge in [-0.2, -0.15) is 0 Å². The maximum Gasteiger partial charge on any atom is 0.284 e. The standard InChI is InChI=1S/C12H9NO4/c1-6-5-8-9(14)3-4-10(15)11(8)12(7(6)2)13(16)17/h3-5H,1-2H3.